The molecule has 1 unspecified atom stereocenters. The van der Waals surface area contributed by atoms with Crippen LogP contribution < -0.4 is 9.47 Å². The van der Waals surface area contributed by atoms with Crippen molar-refractivity contribution >= 4 is 0 Å². The molecule has 1 rings (SSSR count). The highest BCUT2D eigenvalue weighted by atomic mass is 16.5. The Morgan fingerprint density at radius 3 is 2.00 bits per heavy atom. The van der Waals surface area contributed by atoms with Crippen LogP contribution in [0.4, 0.5) is 0 Å². The lowest BCUT2D eigenvalue weighted by Crippen LogP contribution is -2.17. The van der Waals surface area contributed by atoms with Gasteiger partial charge in [0.25, 0.3) is 0 Å². The summed E-state index contributed by atoms with van der Waals surface area (Å²) in [7, 11) is 7.46. The van der Waals surface area contributed by atoms with E-state index in [1.54, 1.807) is 14.2 Å². The first kappa shape index (κ1) is 12.8. The zero-order chi connectivity index (χ0) is 12.3. The second kappa shape index (κ2) is 5.21. The third-order valence-corrected chi connectivity index (χ3v) is 3.00. The van der Waals surface area contributed by atoms with E-state index in [1.807, 2.05) is 6.07 Å². The van der Waals surface area contributed by atoms with Gasteiger partial charge in [-0.05, 0) is 51.2 Å². The second-order valence-corrected chi connectivity index (χ2v) is 4.20. The maximum atomic E-state index is 5.32. The van der Waals surface area contributed by atoms with Gasteiger partial charge in [-0.15, -0.1) is 0 Å². The minimum absolute atomic E-state index is 0.361. The lowest BCUT2D eigenvalue weighted by molar-refractivity contribution is 0.316. The predicted octanol–water partition coefficient (Wildman–Crippen LogP) is 2.63. The molecule has 90 valence electrons. The molecule has 16 heavy (non-hydrogen) atoms. The largest absolute Gasteiger partial charge is 0.493 e. The van der Waals surface area contributed by atoms with E-state index < -0.39 is 0 Å². The first-order chi connectivity index (χ1) is 7.51. The molecule has 1 atom stereocenters. The molecule has 0 amide bonds. The number of hydrogen-bond donors (Lipinski definition) is 0. The van der Waals surface area contributed by atoms with E-state index in [0.717, 1.165) is 11.5 Å². The van der Waals surface area contributed by atoms with E-state index in [-0.39, 0.29) is 0 Å². The molecule has 0 aliphatic carbocycles. The molecule has 3 nitrogen and oxygen atoms in total. The van der Waals surface area contributed by atoms with Gasteiger partial charge in [0, 0.05) is 6.04 Å². The Bertz CT molecular complexity index is 361. The summed E-state index contributed by atoms with van der Waals surface area (Å²) in [5.41, 5.74) is 2.49. The Morgan fingerprint density at radius 2 is 1.56 bits per heavy atom. The SMILES string of the molecule is COc1cc(C)c(C(C)N(C)C)cc1OC. The molecule has 0 fully saturated rings. The highest BCUT2D eigenvalue weighted by molar-refractivity contribution is 5.47. The van der Waals surface area contributed by atoms with Gasteiger partial charge < -0.3 is 14.4 Å². The minimum Gasteiger partial charge on any atom is -0.493 e. The first-order valence-electron chi connectivity index (χ1n) is 5.40. The molecule has 0 aliphatic rings. The summed E-state index contributed by atoms with van der Waals surface area (Å²) < 4.78 is 10.6. The lowest BCUT2D eigenvalue weighted by atomic mass is 10.0. The monoisotopic (exact) mass is 223 g/mol. The van der Waals surface area contributed by atoms with Gasteiger partial charge in [0.1, 0.15) is 0 Å². The molecular weight excluding hydrogens is 202 g/mol. The van der Waals surface area contributed by atoms with E-state index in [0.29, 0.717) is 6.04 Å². The molecular formula is C13H21NO2. The number of benzene rings is 1. The van der Waals surface area contributed by atoms with Gasteiger partial charge >= 0.3 is 0 Å². The molecule has 0 heterocycles. The van der Waals surface area contributed by atoms with E-state index in [1.165, 1.54) is 11.1 Å². The van der Waals surface area contributed by atoms with Crippen molar-refractivity contribution in [1.82, 2.24) is 4.90 Å². The second-order valence-electron chi connectivity index (χ2n) is 4.20. The van der Waals surface area contributed by atoms with Crippen molar-refractivity contribution in [2.45, 2.75) is 19.9 Å². The van der Waals surface area contributed by atoms with Gasteiger partial charge in [0.15, 0.2) is 11.5 Å². The summed E-state index contributed by atoms with van der Waals surface area (Å²) in [5.74, 6) is 1.58. The third-order valence-electron chi connectivity index (χ3n) is 3.00. The van der Waals surface area contributed by atoms with Crippen molar-refractivity contribution < 1.29 is 9.47 Å². The molecule has 0 bridgehead atoms. The molecule has 0 radical (unpaired) electrons. The standard InChI is InChI=1S/C13H21NO2/c1-9-7-12(15-5)13(16-6)8-11(9)10(2)14(3)4/h7-8,10H,1-6H3. The van der Waals surface area contributed by atoms with Crippen LogP contribution in [0.25, 0.3) is 0 Å². The van der Waals surface area contributed by atoms with E-state index in [4.69, 9.17) is 9.47 Å². The zero-order valence-corrected chi connectivity index (χ0v) is 11.0. The predicted molar refractivity (Wildman–Crippen MR) is 66.4 cm³/mol. The van der Waals surface area contributed by atoms with Crippen LogP contribution in [0.3, 0.4) is 0 Å². The number of rotatable bonds is 4. The molecule has 0 saturated heterocycles. The summed E-state index contributed by atoms with van der Waals surface area (Å²) >= 11 is 0. The Kier molecular flexibility index (Phi) is 4.19. The molecule has 0 aliphatic heterocycles. The molecule has 1 aromatic rings. The fourth-order valence-corrected chi connectivity index (χ4v) is 1.72. The summed E-state index contributed by atoms with van der Waals surface area (Å²) in [6.45, 7) is 4.27. The summed E-state index contributed by atoms with van der Waals surface area (Å²) in [6.07, 6.45) is 0. The fourth-order valence-electron chi connectivity index (χ4n) is 1.72. The maximum Gasteiger partial charge on any atom is 0.161 e. The smallest absolute Gasteiger partial charge is 0.161 e. The van der Waals surface area contributed by atoms with Crippen LogP contribution in [0.15, 0.2) is 12.1 Å². The fraction of sp³-hybridized carbons (Fsp3) is 0.538. The summed E-state index contributed by atoms with van der Waals surface area (Å²) in [5, 5.41) is 0. The molecule has 1 aromatic carbocycles. The molecule has 0 aromatic heterocycles. The summed E-state index contributed by atoms with van der Waals surface area (Å²) in [4.78, 5) is 2.17. The van der Waals surface area contributed by atoms with Crippen molar-refractivity contribution in [2.75, 3.05) is 28.3 Å². The normalized spacial score (nSPS) is 12.7. The highest BCUT2D eigenvalue weighted by Gasteiger charge is 2.14. The average molecular weight is 223 g/mol. The maximum absolute atomic E-state index is 5.32. The van der Waals surface area contributed by atoms with Crippen LogP contribution in [0, 0.1) is 6.92 Å². The molecule has 0 spiro atoms. The van der Waals surface area contributed by atoms with E-state index in [2.05, 4.69) is 38.9 Å². The van der Waals surface area contributed by atoms with Crippen LogP contribution in [-0.4, -0.2) is 33.2 Å². The Balaban J connectivity index is 3.21. The van der Waals surface area contributed by atoms with Crippen LogP contribution in [-0.2, 0) is 0 Å². The average Bonchev–Trinajstić information content (AvgIpc) is 2.27. The summed E-state index contributed by atoms with van der Waals surface area (Å²) in [6, 6.07) is 4.44. The Hall–Kier alpha value is -1.22. The zero-order valence-electron chi connectivity index (χ0n) is 11.0. The van der Waals surface area contributed by atoms with E-state index >= 15 is 0 Å². The van der Waals surface area contributed by atoms with Crippen molar-refractivity contribution in [1.29, 1.82) is 0 Å². The van der Waals surface area contributed by atoms with Crippen LogP contribution in [0.2, 0.25) is 0 Å². The van der Waals surface area contributed by atoms with Gasteiger partial charge in [0.05, 0.1) is 14.2 Å². The van der Waals surface area contributed by atoms with E-state index in [9.17, 15) is 0 Å². The Labute approximate surface area is 98.0 Å². The number of ether oxygens (including phenoxy) is 2. The van der Waals surface area contributed by atoms with Gasteiger partial charge in [-0.2, -0.15) is 0 Å². The molecule has 0 saturated carbocycles. The van der Waals surface area contributed by atoms with Crippen molar-refractivity contribution in [3.05, 3.63) is 23.3 Å². The van der Waals surface area contributed by atoms with Crippen LogP contribution in [0.5, 0.6) is 11.5 Å². The third kappa shape index (κ3) is 2.47. The molecule has 3 heteroatoms. The first-order valence-corrected chi connectivity index (χ1v) is 5.40. The molecule has 0 N–H and O–H groups in total. The number of hydrogen-bond acceptors (Lipinski definition) is 3. The van der Waals surface area contributed by atoms with Gasteiger partial charge in [0.2, 0.25) is 0 Å². The highest BCUT2D eigenvalue weighted by Crippen LogP contribution is 2.33. The van der Waals surface area contributed by atoms with Crippen LogP contribution >= 0.6 is 0 Å². The number of nitrogens with zero attached hydrogens (tertiary/aromatic N) is 1. The van der Waals surface area contributed by atoms with Crippen molar-refractivity contribution in [3.8, 4) is 11.5 Å². The number of methoxy groups -OCH3 is 2. The van der Waals surface area contributed by atoms with Crippen molar-refractivity contribution in [2.24, 2.45) is 0 Å². The minimum atomic E-state index is 0.361. The van der Waals surface area contributed by atoms with Gasteiger partial charge in [-0.1, -0.05) is 0 Å². The number of aryl methyl sites for hydroxylation is 1. The topological polar surface area (TPSA) is 21.7 Å². The van der Waals surface area contributed by atoms with Gasteiger partial charge in [-0.25, -0.2) is 0 Å². The van der Waals surface area contributed by atoms with Crippen LogP contribution in [0.1, 0.15) is 24.1 Å². The lowest BCUT2D eigenvalue weighted by Gasteiger charge is -2.23. The quantitative estimate of drug-likeness (QED) is 0.783. The Morgan fingerprint density at radius 1 is 1.06 bits per heavy atom. The van der Waals surface area contributed by atoms with Gasteiger partial charge in [-0.3, -0.25) is 0 Å². The van der Waals surface area contributed by atoms with Crippen molar-refractivity contribution in [3.63, 3.8) is 0 Å².